The summed E-state index contributed by atoms with van der Waals surface area (Å²) >= 11 is 0. The van der Waals surface area contributed by atoms with E-state index in [2.05, 4.69) is 26.8 Å². The molecule has 0 aromatic carbocycles. The highest BCUT2D eigenvalue weighted by molar-refractivity contribution is 5.67. The molecule has 2 fully saturated rings. The lowest BCUT2D eigenvalue weighted by atomic mass is 9.46. The van der Waals surface area contributed by atoms with E-state index in [1.54, 1.807) is 0 Å². The first-order chi connectivity index (χ1) is 13.0. The molecule has 6 atom stereocenters. The van der Waals surface area contributed by atoms with Crippen LogP contribution in [0, 0.1) is 22.7 Å². The summed E-state index contributed by atoms with van der Waals surface area (Å²) in [6.45, 7) is 10.8. The molecule has 1 saturated heterocycles. The zero-order valence-corrected chi connectivity index (χ0v) is 17.4. The Kier molecular flexibility index (Phi) is 5.34. The van der Waals surface area contributed by atoms with Gasteiger partial charge in [-0.3, -0.25) is 14.4 Å². The van der Waals surface area contributed by atoms with Crippen LogP contribution >= 0.6 is 0 Å². The van der Waals surface area contributed by atoms with Crippen LogP contribution in [0.15, 0.2) is 11.6 Å². The predicted molar refractivity (Wildman–Crippen MR) is 98.8 cm³/mol. The minimum atomic E-state index is -0.712. The van der Waals surface area contributed by atoms with Gasteiger partial charge in [0.05, 0.1) is 12.5 Å². The molecule has 0 aromatic heterocycles. The van der Waals surface area contributed by atoms with Crippen LogP contribution in [0.1, 0.15) is 54.4 Å². The lowest BCUT2D eigenvalue weighted by Gasteiger charge is -2.60. The van der Waals surface area contributed by atoms with Crippen LogP contribution in [-0.4, -0.2) is 43.0 Å². The summed E-state index contributed by atoms with van der Waals surface area (Å²) in [5.41, 5.74) is 0.193. The average Bonchev–Trinajstić information content (AvgIpc) is 2.95. The fraction of sp³-hybridized carbons (Fsp3) is 0.762. The van der Waals surface area contributed by atoms with Gasteiger partial charge in [0.25, 0.3) is 0 Å². The van der Waals surface area contributed by atoms with Crippen LogP contribution in [0.5, 0.6) is 0 Å². The van der Waals surface area contributed by atoms with Crippen molar-refractivity contribution >= 4 is 17.9 Å². The van der Waals surface area contributed by atoms with E-state index in [1.807, 2.05) is 0 Å². The second-order valence-electron chi connectivity index (χ2n) is 8.95. The van der Waals surface area contributed by atoms with Crippen molar-refractivity contribution in [2.24, 2.45) is 22.7 Å². The third kappa shape index (κ3) is 3.34. The quantitative estimate of drug-likeness (QED) is 0.413. The number of ether oxygens (including phenoxy) is 4. The third-order valence-electron chi connectivity index (χ3n) is 6.87. The number of hydrogen-bond donors (Lipinski definition) is 0. The maximum Gasteiger partial charge on any atom is 0.304 e. The van der Waals surface area contributed by atoms with Gasteiger partial charge in [-0.1, -0.05) is 26.8 Å². The van der Waals surface area contributed by atoms with E-state index in [4.69, 9.17) is 18.9 Å². The maximum atomic E-state index is 11.9. The largest absolute Gasteiger partial charge is 0.462 e. The Morgan fingerprint density at radius 2 is 1.54 bits per heavy atom. The van der Waals surface area contributed by atoms with Crippen molar-refractivity contribution < 1.29 is 33.3 Å². The monoisotopic (exact) mass is 394 g/mol. The predicted octanol–water partition coefficient (Wildman–Crippen LogP) is 2.77. The van der Waals surface area contributed by atoms with Gasteiger partial charge in [-0.05, 0) is 17.9 Å². The molecule has 1 saturated carbocycles. The molecule has 0 spiro atoms. The van der Waals surface area contributed by atoms with Gasteiger partial charge in [0.1, 0.15) is 12.2 Å². The van der Waals surface area contributed by atoms with Crippen molar-refractivity contribution in [3.8, 4) is 0 Å². The maximum absolute atomic E-state index is 11.9. The molecule has 28 heavy (non-hydrogen) atoms. The summed E-state index contributed by atoms with van der Waals surface area (Å²) in [6, 6.07) is 0. The molecule has 0 aromatic rings. The standard InChI is InChI=1S/C21H30O7/c1-11(22)26-16-9-17(27-12(2)23)21(6)15(20(16,4)5)8-7-14-10-25-19(18(14)21)28-13(3)24/h7,15-19H,8-10H2,1-6H3/t15-,16-,17+,18+,19-,21+/m0/s1. The molecule has 3 aliphatic rings. The zero-order chi connectivity index (χ0) is 20.9. The van der Waals surface area contributed by atoms with Crippen molar-refractivity contribution in [3.05, 3.63) is 11.6 Å². The number of fused-ring (bicyclic) bond motifs is 3. The van der Waals surface area contributed by atoms with Gasteiger partial charge >= 0.3 is 17.9 Å². The average molecular weight is 394 g/mol. The van der Waals surface area contributed by atoms with E-state index in [0.717, 1.165) is 12.0 Å². The normalized spacial score (nSPS) is 38.5. The molecular formula is C21H30O7. The molecule has 0 radical (unpaired) electrons. The van der Waals surface area contributed by atoms with Crippen molar-refractivity contribution in [1.82, 2.24) is 0 Å². The van der Waals surface area contributed by atoms with Gasteiger partial charge in [0, 0.05) is 38.0 Å². The van der Waals surface area contributed by atoms with Crippen LogP contribution in [-0.2, 0) is 33.3 Å². The summed E-state index contributed by atoms with van der Waals surface area (Å²) in [6.07, 6.45) is 1.72. The van der Waals surface area contributed by atoms with Gasteiger partial charge in [-0.25, -0.2) is 0 Å². The highest BCUT2D eigenvalue weighted by atomic mass is 16.7. The van der Waals surface area contributed by atoms with E-state index < -0.39 is 23.8 Å². The highest BCUT2D eigenvalue weighted by Crippen LogP contribution is 2.63. The lowest BCUT2D eigenvalue weighted by molar-refractivity contribution is -0.232. The van der Waals surface area contributed by atoms with Gasteiger partial charge in [-0.2, -0.15) is 0 Å². The number of rotatable bonds is 3. The fourth-order valence-electron chi connectivity index (χ4n) is 5.71. The molecule has 0 amide bonds. The molecule has 2 aliphatic carbocycles. The van der Waals surface area contributed by atoms with E-state index in [9.17, 15) is 14.4 Å². The number of carbonyl (C=O) groups is 3. The number of esters is 3. The summed E-state index contributed by atoms with van der Waals surface area (Å²) in [4.78, 5) is 35.2. The Bertz CT molecular complexity index is 710. The molecule has 7 nitrogen and oxygen atoms in total. The minimum absolute atomic E-state index is 0.0379. The molecule has 0 N–H and O–H groups in total. The number of allylic oxidation sites excluding steroid dienone is 1. The Balaban J connectivity index is 2.06. The molecule has 0 unspecified atom stereocenters. The number of hydrogen-bond acceptors (Lipinski definition) is 7. The first kappa shape index (κ1) is 20.8. The fourth-order valence-corrected chi connectivity index (χ4v) is 5.71. The Morgan fingerprint density at radius 1 is 0.964 bits per heavy atom. The SMILES string of the molecule is CC(=O)O[C@@H]1OCC2=CC[C@H]3C(C)(C)[C@@H](OC(C)=O)C[C@@H](OC(C)=O)[C@]3(C)[C@H]21. The van der Waals surface area contributed by atoms with Crippen LogP contribution in [0.2, 0.25) is 0 Å². The number of carbonyl (C=O) groups excluding carboxylic acids is 3. The van der Waals surface area contributed by atoms with Crippen molar-refractivity contribution in [3.63, 3.8) is 0 Å². The Labute approximate surface area is 165 Å². The third-order valence-corrected chi connectivity index (χ3v) is 6.87. The first-order valence-corrected chi connectivity index (χ1v) is 9.80. The summed E-state index contributed by atoms with van der Waals surface area (Å²) in [7, 11) is 0. The molecule has 7 heteroatoms. The van der Waals surface area contributed by atoms with Gasteiger partial charge in [0.2, 0.25) is 6.29 Å². The Morgan fingerprint density at radius 3 is 2.11 bits per heavy atom. The molecule has 3 rings (SSSR count). The summed E-state index contributed by atoms with van der Waals surface area (Å²) < 4.78 is 22.7. The minimum Gasteiger partial charge on any atom is -0.462 e. The molecule has 1 heterocycles. The summed E-state index contributed by atoms with van der Waals surface area (Å²) in [5, 5.41) is 0. The van der Waals surface area contributed by atoms with Gasteiger partial charge in [0.15, 0.2) is 0 Å². The van der Waals surface area contributed by atoms with Crippen LogP contribution < -0.4 is 0 Å². The smallest absolute Gasteiger partial charge is 0.304 e. The van der Waals surface area contributed by atoms with Crippen molar-refractivity contribution in [1.29, 1.82) is 0 Å². The molecule has 0 bridgehead atoms. The van der Waals surface area contributed by atoms with Gasteiger partial charge < -0.3 is 18.9 Å². The van der Waals surface area contributed by atoms with Crippen molar-refractivity contribution in [2.75, 3.05) is 6.61 Å². The highest BCUT2D eigenvalue weighted by Gasteiger charge is 2.65. The zero-order valence-electron chi connectivity index (χ0n) is 17.4. The van der Waals surface area contributed by atoms with Gasteiger partial charge in [-0.15, -0.1) is 0 Å². The Hall–Kier alpha value is -1.89. The lowest BCUT2D eigenvalue weighted by Crippen LogP contribution is -2.63. The van der Waals surface area contributed by atoms with E-state index >= 15 is 0 Å². The van der Waals surface area contributed by atoms with E-state index in [0.29, 0.717) is 13.0 Å². The topological polar surface area (TPSA) is 88.1 Å². The van der Waals surface area contributed by atoms with Crippen LogP contribution in [0.3, 0.4) is 0 Å². The second kappa shape index (κ2) is 7.17. The summed E-state index contributed by atoms with van der Waals surface area (Å²) in [5.74, 6) is -1.32. The molecular weight excluding hydrogens is 364 g/mol. The van der Waals surface area contributed by atoms with E-state index in [1.165, 1.54) is 20.8 Å². The first-order valence-electron chi connectivity index (χ1n) is 9.80. The molecule has 1 aliphatic heterocycles. The van der Waals surface area contributed by atoms with Crippen molar-refractivity contribution in [2.45, 2.75) is 72.9 Å². The van der Waals surface area contributed by atoms with E-state index in [-0.39, 0.29) is 35.3 Å². The molecule has 156 valence electrons. The van der Waals surface area contributed by atoms with Crippen LogP contribution in [0.25, 0.3) is 0 Å². The van der Waals surface area contributed by atoms with Crippen LogP contribution in [0.4, 0.5) is 0 Å². The second-order valence-corrected chi connectivity index (χ2v) is 8.95.